The van der Waals surface area contributed by atoms with Crippen LogP contribution in [0, 0.1) is 0 Å². The number of phenolic OH excluding ortho intramolecular Hbond substituents is 1. The lowest BCUT2D eigenvalue weighted by molar-refractivity contribution is 0.368. The van der Waals surface area contributed by atoms with Crippen molar-refractivity contribution in [3.63, 3.8) is 0 Å². The van der Waals surface area contributed by atoms with Crippen molar-refractivity contribution in [2.45, 2.75) is 32.7 Å². The van der Waals surface area contributed by atoms with Crippen molar-refractivity contribution >= 4 is 0 Å². The van der Waals surface area contributed by atoms with E-state index in [0.29, 0.717) is 11.7 Å². The maximum absolute atomic E-state index is 9.98. The van der Waals surface area contributed by atoms with Gasteiger partial charge in [0.15, 0.2) is 11.5 Å². The predicted molar refractivity (Wildman–Crippen MR) is 61.4 cm³/mol. The molecule has 0 aliphatic rings. The van der Waals surface area contributed by atoms with E-state index in [0.717, 1.165) is 11.1 Å². The Balaban J connectivity index is 3.37. The Labute approximate surface area is 90.9 Å². The number of hydrogen-bond acceptors (Lipinski definition) is 3. The van der Waals surface area contributed by atoms with E-state index in [-0.39, 0.29) is 11.8 Å². The molecule has 3 nitrogen and oxygen atoms in total. The van der Waals surface area contributed by atoms with Crippen LogP contribution in [0.3, 0.4) is 0 Å². The highest BCUT2D eigenvalue weighted by atomic mass is 16.5. The highest BCUT2D eigenvalue weighted by molar-refractivity contribution is 5.52. The third-order valence-electron chi connectivity index (χ3n) is 2.51. The van der Waals surface area contributed by atoms with E-state index >= 15 is 0 Å². The van der Waals surface area contributed by atoms with Gasteiger partial charge < -0.3 is 15.6 Å². The van der Waals surface area contributed by atoms with Crippen LogP contribution < -0.4 is 10.5 Å². The minimum atomic E-state index is -0.197. The number of aromatic hydroxyl groups is 1. The monoisotopic (exact) mass is 209 g/mol. The van der Waals surface area contributed by atoms with E-state index < -0.39 is 0 Å². The van der Waals surface area contributed by atoms with Crippen LogP contribution in [0.25, 0.3) is 0 Å². The molecular formula is C12H19NO2. The van der Waals surface area contributed by atoms with Crippen LogP contribution in [0.1, 0.15) is 43.9 Å². The quantitative estimate of drug-likeness (QED) is 0.804. The van der Waals surface area contributed by atoms with Gasteiger partial charge in [-0.25, -0.2) is 0 Å². The standard InChI is InChI=1S/C12H19NO2/c1-7(2)9-5-6-10(15-4)12(14)11(9)8(3)13/h5-8,14H,13H2,1-4H3. The number of methoxy groups -OCH3 is 1. The van der Waals surface area contributed by atoms with Crippen LogP contribution in [0.5, 0.6) is 11.5 Å². The summed E-state index contributed by atoms with van der Waals surface area (Å²) in [5, 5.41) is 9.98. The molecule has 84 valence electrons. The maximum atomic E-state index is 9.98. The van der Waals surface area contributed by atoms with E-state index in [1.807, 2.05) is 13.0 Å². The number of rotatable bonds is 3. The molecule has 0 aromatic heterocycles. The summed E-state index contributed by atoms with van der Waals surface area (Å²) in [4.78, 5) is 0. The second-order valence-corrected chi connectivity index (χ2v) is 4.06. The molecule has 1 unspecified atom stereocenters. The van der Waals surface area contributed by atoms with Crippen molar-refractivity contribution < 1.29 is 9.84 Å². The van der Waals surface area contributed by atoms with E-state index in [1.165, 1.54) is 7.11 Å². The molecule has 3 heteroatoms. The zero-order valence-corrected chi connectivity index (χ0v) is 9.74. The zero-order chi connectivity index (χ0) is 11.6. The fraction of sp³-hybridized carbons (Fsp3) is 0.500. The minimum Gasteiger partial charge on any atom is -0.504 e. The van der Waals surface area contributed by atoms with Crippen molar-refractivity contribution in [3.05, 3.63) is 23.3 Å². The van der Waals surface area contributed by atoms with Gasteiger partial charge in [0.2, 0.25) is 0 Å². The first-order chi connectivity index (χ1) is 6.99. The molecule has 1 atom stereocenters. The van der Waals surface area contributed by atoms with Gasteiger partial charge in [0.25, 0.3) is 0 Å². The number of hydrogen-bond donors (Lipinski definition) is 2. The average Bonchev–Trinajstić information content (AvgIpc) is 2.16. The summed E-state index contributed by atoms with van der Waals surface area (Å²) < 4.78 is 5.06. The normalized spacial score (nSPS) is 12.9. The first kappa shape index (κ1) is 11.9. The largest absolute Gasteiger partial charge is 0.504 e. The summed E-state index contributed by atoms with van der Waals surface area (Å²) in [6.07, 6.45) is 0. The van der Waals surface area contributed by atoms with Gasteiger partial charge in [-0.2, -0.15) is 0 Å². The number of phenols is 1. The molecule has 0 spiro atoms. The molecule has 0 aliphatic carbocycles. The predicted octanol–water partition coefficient (Wildman–Crippen LogP) is 2.54. The molecule has 1 rings (SSSR count). The molecule has 0 fully saturated rings. The molecule has 0 amide bonds. The Kier molecular flexibility index (Phi) is 3.58. The second kappa shape index (κ2) is 4.53. The molecule has 0 radical (unpaired) electrons. The fourth-order valence-corrected chi connectivity index (χ4v) is 1.75. The number of benzene rings is 1. The zero-order valence-electron chi connectivity index (χ0n) is 9.74. The van der Waals surface area contributed by atoms with Gasteiger partial charge in [-0.05, 0) is 24.5 Å². The molecule has 0 heterocycles. The summed E-state index contributed by atoms with van der Waals surface area (Å²) in [6.45, 7) is 6.01. The van der Waals surface area contributed by atoms with Crippen molar-refractivity contribution in [1.29, 1.82) is 0 Å². The molecule has 0 saturated heterocycles. The number of nitrogens with two attached hydrogens (primary N) is 1. The Hall–Kier alpha value is -1.22. The lowest BCUT2D eigenvalue weighted by atomic mass is 9.92. The highest BCUT2D eigenvalue weighted by Crippen LogP contribution is 2.38. The van der Waals surface area contributed by atoms with Gasteiger partial charge in [-0.15, -0.1) is 0 Å². The van der Waals surface area contributed by atoms with Crippen molar-refractivity contribution in [3.8, 4) is 11.5 Å². The molecule has 0 aliphatic heterocycles. The summed E-state index contributed by atoms with van der Waals surface area (Å²) in [6, 6.07) is 3.54. The van der Waals surface area contributed by atoms with E-state index in [4.69, 9.17) is 10.5 Å². The molecule has 1 aromatic carbocycles. The molecular weight excluding hydrogens is 190 g/mol. The Morgan fingerprint density at radius 3 is 2.27 bits per heavy atom. The van der Waals surface area contributed by atoms with Gasteiger partial charge in [0.1, 0.15) is 0 Å². The second-order valence-electron chi connectivity index (χ2n) is 4.06. The van der Waals surface area contributed by atoms with Crippen molar-refractivity contribution in [2.75, 3.05) is 7.11 Å². The van der Waals surface area contributed by atoms with E-state index in [2.05, 4.69) is 13.8 Å². The first-order valence-corrected chi connectivity index (χ1v) is 5.14. The Morgan fingerprint density at radius 2 is 1.87 bits per heavy atom. The molecule has 3 N–H and O–H groups in total. The Bertz CT molecular complexity index is 346. The van der Waals surface area contributed by atoms with Gasteiger partial charge in [0, 0.05) is 11.6 Å². The summed E-state index contributed by atoms with van der Waals surface area (Å²) in [7, 11) is 1.54. The summed E-state index contributed by atoms with van der Waals surface area (Å²) in [5.74, 6) is 0.980. The van der Waals surface area contributed by atoms with Crippen LogP contribution in [0.4, 0.5) is 0 Å². The lowest BCUT2D eigenvalue weighted by Crippen LogP contribution is -2.10. The fourth-order valence-electron chi connectivity index (χ4n) is 1.75. The molecule has 0 bridgehead atoms. The third kappa shape index (κ3) is 2.23. The SMILES string of the molecule is COc1ccc(C(C)C)c(C(C)N)c1O. The summed E-state index contributed by atoms with van der Waals surface area (Å²) >= 11 is 0. The van der Waals surface area contributed by atoms with Gasteiger partial charge in [-0.3, -0.25) is 0 Å². The summed E-state index contributed by atoms with van der Waals surface area (Å²) in [5.41, 5.74) is 7.72. The van der Waals surface area contributed by atoms with E-state index in [1.54, 1.807) is 6.07 Å². The van der Waals surface area contributed by atoms with Crippen LogP contribution in [0.15, 0.2) is 12.1 Å². The van der Waals surface area contributed by atoms with Gasteiger partial charge in [-0.1, -0.05) is 19.9 Å². The molecule has 15 heavy (non-hydrogen) atoms. The maximum Gasteiger partial charge on any atom is 0.162 e. The highest BCUT2D eigenvalue weighted by Gasteiger charge is 2.17. The third-order valence-corrected chi connectivity index (χ3v) is 2.51. The van der Waals surface area contributed by atoms with Crippen LogP contribution in [-0.4, -0.2) is 12.2 Å². The smallest absolute Gasteiger partial charge is 0.162 e. The first-order valence-electron chi connectivity index (χ1n) is 5.14. The average molecular weight is 209 g/mol. The topological polar surface area (TPSA) is 55.5 Å². The van der Waals surface area contributed by atoms with Crippen molar-refractivity contribution in [2.24, 2.45) is 5.73 Å². The number of ether oxygens (including phenoxy) is 1. The Morgan fingerprint density at radius 1 is 1.27 bits per heavy atom. The lowest BCUT2D eigenvalue weighted by Gasteiger charge is -2.19. The molecule has 1 aromatic rings. The van der Waals surface area contributed by atoms with Crippen LogP contribution >= 0.6 is 0 Å². The van der Waals surface area contributed by atoms with Crippen LogP contribution in [0.2, 0.25) is 0 Å². The van der Waals surface area contributed by atoms with E-state index in [9.17, 15) is 5.11 Å². The minimum absolute atomic E-state index is 0.165. The van der Waals surface area contributed by atoms with Crippen LogP contribution in [-0.2, 0) is 0 Å². The van der Waals surface area contributed by atoms with Crippen molar-refractivity contribution in [1.82, 2.24) is 0 Å². The van der Waals surface area contributed by atoms with Gasteiger partial charge in [0.05, 0.1) is 7.11 Å². The molecule has 0 saturated carbocycles. The van der Waals surface area contributed by atoms with Gasteiger partial charge >= 0.3 is 0 Å².